The van der Waals surface area contributed by atoms with Crippen molar-refractivity contribution in [3.63, 3.8) is 0 Å². The van der Waals surface area contributed by atoms with Gasteiger partial charge < -0.3 is 0 Å². The van der Waals surface area contributed by atoms with Crippen LogP contribution in [0.3, 0.4) is 0 Å². The lowest BCUT2D eigenvalue weighted by molar-refractivity contribution is 0.201. The molecule has 176 valence electrons. The second-order valence-corrected chi connectivity index (χ2v) is 7.45. The van der Waals surface area contributed by atoms with Crippen LogP contribution >= 0.6 is 0 Å². The molecule has 0 unspecified atom stereocenters. The van der Waals surface area contributed by atoms with Crippen molar-refractivity contribution in [3.05, 3.63) is 0 Å². The molecule has 0 bridgehead atoms. The van der Waals surface area contributed by atoms with E-state index in [-0.39, 0.29) is 0 Å². The SMILES string of the molecule is CC.CC.CC.CC.CC.CC1CCCC(C2CCCC(C)CCC2)CCC1. The van der Waals surface area contributed by atoms with Crippen molar-refractivity contribution in [2.45, 2.75) is 160 Å². The highest BCUT2D eigenvalue weighted by Crippen LogP contribution is 2.37. The Morgan fingerprint density at radius 2 is 0.500 bits per heavy atom. The van der Waals surface area contributed by atoms with E-state index in [2.05, 4.69) is 13.8 Å². The van der Waals surface area contributed by atoms with Crippen LogP contribution in [-0.2, 0) is 0 Å². The molecule has 0 saturated heterocycles. The third kappa shape index (κ3) is 20.7. The summed E-state index contributed by atoms with van der Waals surface area (Å²) in [6.45, 7) is 24.9. The van der Waals surface area contributed by atoms with Gasteiger partial charge in [-0.05, 0) is 23.7 Å². The van der Waals surface area contributed by atoms with Crippen molar-refractivity contribution in [1.29, 1.82) is 0 Å². The predicted molar refractivity (Wildman–Crippen MR) is 137 cm³/mol. The third-order valence-corrected chi connectivity index (χ3v) is 5.75. The van der Waals surface area contributed by atoms with E-state index in [0.717, 1.165) is 23.7 Å². The Bertz CT molecular complexity index is 176. The Kier molecular flexibility index (Phi) is 40.1. The molecular weight excluding hydrogens is 336 g/mol. The average molecular weight is 401 g/mol. The minimum absolute atomic E-state index is 1.00. The highest BCUT2D eigenvalue weighted by molar-refractivity contribution is 4.76. The first kappa shape index (κ1) is 35.4. The van der Waals surface area contributed by atoms with E-state index >= 15 is 0 Å². The lowest BCUT2D eigenvalue weighted by Gasteiger charge is -2.32. The van der Waals surface area contributed by atoms with Gasteiger partial charge in [0.25, 0.3) is 0 Å². The third-order valence-electron chi connectivity index (χ3n) is 5.75. The average Bonchev–Trinajstić information content (AvgIpc) is 2.75. The summed E-state index contributed by atoms with van der Waals surface area (Å²) in [7, 11) is 0. The molecule has 0 aromatic carbocycles. The van der Waals surface area contributed by atoms with Crippen molar-refractivity contribution >= 4 is 0 Å². The molecule has 2 rings (SSSR count). The maximum absolute atomic E-state index is 2.46. The van der Waals surface area contributed by atoms with Crippen LogP contribution in [0.4, 0.5) is 0 Å². The number of rotatable bonds is 1. The molecule has 2 fully saturated rings. The zero-order valence-corrected chi connectivity index (χ0v) is 22.8. The highest BCUT2D eigenvalue weighted by atomic mass is 14.3. The fourth-order valence-electron chi connectivity index (χ4n) is 4.43. The molecule has 0 radical (unpaired) electrons. The van der Waals surface area contributed by atoms with Crippen LogP contribution in [0.1, 0.15) is 160 Å². The normalized spacial score (nSPS) is 27.0. The van der Waals surface area contributed by atoms with Crippen LogP contribution in [0.25, 0.3) is 0 Å². The smallest absolute Gasteiger partial charge is 0.0386 e. The Morgan fingerprint density at radius 3 is 0.679 bits per heavy atom. The molecule has 28 heavy (non-hydrogen) atoms. The first-order valence-electron chi connectivity index (χ1n) is 13.8. The van der Waals surface area contributed by atoms with E-state index in [9.17, 15) is 0 Å². The summed E-state index contributed by atoms with van der Waals surface area (Å²) < 4.78 is 0. The van der Waals surface area contributed by atoms with Gasteiger partial charge in [-0.15, -0.1) is 0 Å². The summed E-state index contributed by atoms with van der Waals surface area (Å²) in [6.07, 6.45) is 18.2. The maximum atomic E-state index is 2.46. The summed E-state index contributed by atoms with van der Waals surface area (Å²) >= 11 is 0. The van der Waals surface area contributed by atoms with Gasteiger partial charge in [0.2, 0.25) is 0 Å². The molecule has 0 heteroatoms. The quantitative estimate of drug-likeness (QED) is 0.410. The molecule has 2 aliphatic carbocycles. The minimum Gasteiger partial charge on any atom is -0.0683 e. The number of hydrogen-bond acceptors (Lipinski definition) is 0. The van der Waals surface area contributed by atoms with Crippen molar-refractivity contribution in [2.24, 2.45) is 23.7 Å². The first-order valence-corrected chi connectivity index (χ1v) is 13.8. The molecular formula is C28H64. The van der Waals surface area contributed by atoms with Gasteiger partial charge in [-0.3, -0.25) is 0 Å². The van der Waals surface area contributed by atoms with Crippen LogP contribution in [0, 0.1) is 23.7 Å². The second-order valence-electron chi connectivity index (χ2n) is 7.45. The van der Waals surface area contributed by atoms with E-state index in [1.807, 2.05) is 69.2 Å². The Labute approximate surface area is 184 Å². The molecule has 2 saturated carbocycles. The first-order chi connectivity index (χ1) is 13.8. The van der Waals surface area contributed by atoms with Gasteiger partial charge in [0.1, 0.15) is 0 Å². The van der Waals surface area contributed by atoms with Crippen molar-refractivity contribution < 1.29 is 0 Å². The molecule has 0 N–H and O–H groups in total. The monoisotopic (exact) mass is 401 g/mol. The second kappa shape index (κ2) is 31.7. The van der Waals surface area contributed by atoms with E-state index < -0.39 is 0 Å². The lowest BCUT2D eigenvalue weighted by atomic mass is 9.74. The number of hydrogen-bond donors (Lipinski definition) is 0. The van der Waals surface area contributed by atoms with Crippen LogP contribution in [0.15, 0.2) is 0 Å². The summed E-state index contributed by atoms with van der Waals surface area (Å²) in [5.41, 5.74) is 0. The van der Waals surface area contributed by atoms with E-state index in [0.29, 0.717) is 0 Å². The molecule has 0 spiro atoms. The van der Waals surface area contributed by atoms with E-state index in [1.165, 1.54) is 51.4 Å². The van der Waals surface area contributed by atoms with Gasteiger partial charge in [-0.1, -0.05) is 160 Å². The summed E-state index contributed by atoms with van der Waals surface area (Å²) in [4.78, 5) is 0. The topological polar surface area (TPSA) is 0 Å². The van der Waals surface area contributed by atoms with Crippen LogP contribution in [-0.4, -0.2) is 0 Å². The molecule has 0 atom stereocenters. The van der Waals surface area contributed by atoms with Gasteiger partial charge in [0.15, 0.2) is 0 Å². The molecule has 0 aliphatic heterocycles. The van der Waals surface area contributed by atoms with Gasteiger partial charge in [-0.2, -0.15) is 0 Å². The summed E-state index contributed by atoms with van der Waals surface area (Å²) in [6, 6.07) is 0. The van der Waals surface area contributed by atoms with Crippen molar-refractivity contribution in [3.8, 4) is 0 Å². The predicted octanol–water partition coefficient (Wildman–Crippen LogP) is 11.3. The van der Waals surface area contributed by atoms with Gasteiger partial charge in [-0.25, -0.2) is 0 Å². The van der Waals surface area contributed by atoms with Gasteiger partial charge in [0, 0.05) is 0 Å². The maximum Gasteiger partial charge on any atom is -0.0386 e. The lowest BCUT2D eigenvalue weighted by Crippen LogP contribution is -2.19. The van der Waals surface area contributed by atoms with E-state index in [4.69, 9.17) is 0 Å². The Hall–Kier alpha value is 0. The molecule has 0 heterocycles. The highest BCUT2D eigenvalue weighted by Gasteiger charge is 2.24. The van der Waals surface area contributed by atoms with Gasteiger partial charge in [0.05, 0.1) is 0 Å². The molecule has 2 aliphatic rings. The summed E-state index contributed by atoms with van der Waals surface area (Å²) in [5, 5.41) is 0. The Balaban J connectivity index is -0.000000251. The summed E-state index contributed by atoms with van der Waals surface area (Å²) in [5.74, 6) is 4.19. The van der Waals surface area contributed by atoms with Crippen LogP contribution < -0.4 is 0 Å². The molecule has 0 aromatic rings. The minimum atomic E-state index is 1.00. The standard InChI is InChI=1S/C18H34.5C2H6/c1-15-7-3-11-17(12-4-8-15)18-13-5-9-16(2)10-6-14-18;5*1-2/h15-18H,3-14H2,1-2H3;5*1-2H3. The zero-order chi connectivity index (χ0) is 22.8. The van der Waals surface area contributed by atoms with Gasteiger partial charge >= 0.3 is 0 Å². The fraction of sp³-hybridized carbons (Fsp3) is 1.00. The molecule has 0 amide bonds. The fourth-order valence-corrected chi connectivity index (χ4v) is 4.43. The largest absolute Gasteiger partial charge is 0.0683 e. The molecule has 0 nitrogen and oxygen atoms in total. The Morgan fingerprint density at radius 1 is 0.321 bits per heavy atom. The van der Waals surface area contributed by atoms with Crippen molar-refractivity contribution in [2.75, 3.05) is 0 Å². The van der Waals surface area contributed by atoms with Crippen molar-refractivity contribution in [1.82, 2.24) is 0 Å². The molecule has 0 aromatic heterocycles. The van der Waals surface area contributed by atoms with Crippen LogP contribution in [0.2, 0.25) is 0 Å². The zero-order valence-electron chi connectivity index (χ0n) is 22.8. The van der Waals surface area contributed by atoms with Crippen LogP contribution in [0.5, 0.6) is 0 Å². The van der Waals surface area contributed by atoms with E-state index in [1.54, 1.807) is 25.7 Å².